The van der Waals surface area contributed by atoms with Crippen LogP contribution in [0.4, 0.5) is 11.4 Å². The summed E-state index contributed by atoms with van der Waals surface area (Å²) in [6.45, 7) is 2.64. The molecule has 0 fully saturated rings. The average Bonchev–Trinajstić information content (AvgIpc) is 2.98. The fraction of sp³-hybridized carbons (Fsp3) is 0.0667. The van der Waals surface area contributed by atoms with E-state index in [4.69, 9.17) is 4.74 Å². The summed E-state index contributed by atoms with van der Waals surface area (Å²) in [5, 5.41) is 19.5. The van der Waals surface area contributed by atoms with Crippen LogP contribution < -0.4 is 14.2 Å². The predicted octanol–water partition coefficient (Wildman–Crippen LogP) is 4.88. The molecule has 4 aromatic rings. The number of hydrogen-bond acceptors (Lipinski definition) is 9. The summed E-state index contributed by atoms with van der Waals surface area (Å²) in [4.78, 5) is 46.5. The summed E-state index contributed by atoms with van der Waals surface area (Å²) in [6, 6.07) is 16.9. The number of Topliss-reactive ketones (excluding diaryl/α,β-unsaturated/α-hetero) is 2. The van der Waals surface area contributed by atoms with E-state index in [1.807, 2.05) is 0 Å². The van der Waals surface area contributed by atoms with Crippen LogP contribution in [0, 0.1) is 0 Å². The van der Waals surface area contributed by atoms with Gasteiger partial charge in [-0.05, 0) is 74.5 Å². The highest BCUT2D eigenvalue weighted by atomic mass is 32.2. The maximum absolute atomic E-state index is 12.9. The second-order valence-electron chi connectivity index (χ2n) is 9.50. The van der Waals surface area contributed by atoms with Crippen LogP contribution in [0.3, 0.4) is 0 Å². The normalized spacial score (nSPS) is 11.3. The quantitative estimate of drug-likeness (QED) is 0.151. The molecule has 45 heavy (non-hydrogen) atoms. The Labute approximate surface area is 257 Å². The zero-order chi connectivity index (χ0) is 33.1. The van der Waals surface area contributed by atoms with Crippen molar-refractivity contribution in [1.29, 1.82) is 0 Å². The van der Waals surface area contributed by atoms with Crippen molar-refractivity contribution in [3.63, 3.8) is 0 Å². The fourth-order valence-electron chi connectivity index (χ4n) is 3.99. The lowest BCUT2D eigenvalue weighted by Crippen LogP contribution is -2.16. The number of hydrogen-bond donors (Lipinski definition) is 4. The highest BCUT2D eigenvalue weighted by Gasteiger charge is 2.22. The molecule has 4 aromatic carbocycles. The van der Waals surface area contributed by atoms with Gasteiger partial charge in [-0.1, -0.05) is 24.3 Å². The molecule has 0 heterocycles. The lowest BCUT2D eigenvalue weighted by molar-refractivity contribution is 0.0687. The molecule has 0 aliphatic rings. The van der Waals surface area contributed by atoms with Gasteiger partial charge in [-0.25, -0.2) is 26.4 Å². The highest BCUT2D eigenvalue weighted by molar-refractivity contribution is 7.93. The smallest absolute Gasteiger partial charge is 0.337 e. The van der Waals surface area contributed by atoms with E-state index >= 15 is 0 Å². The average molecular weight is 653 g/mol. The van der Waals surface area contributed by atoms with Crippen LogP contribution in [0.15, 0.2) is 94.7 Å². The van der Waals surface area contributed by atoms with E-state index in [1.165, 1.54) is 74.5 Å². The first-order valence-electron chi connectivity index (χ1n) is 12.8. The molecule has 0 spiro atoms. The van der Waals surface area contributed by atoms with Gasteiger partial charge in [-0.3, -0.25) is 19.0 Å². The number of carbonyl (C=O) groups excluding carboxylic acids is 2. The molecule has 13 nitrogen and oxygen atoms in total. The first-order chi connectivity index (χ1) is 21.1. The second kappa shape index (κ2) is 12.6. The topological polar surface area (TPSA) is 210 Å². The minimum absolute atomic E-state index is 0.101. The number of nitrogens with one attached hydrogen (secondary N) is 2. The van der Waals surface area contributed by atoms with Gasteiger partial charge in [0.1, 0.15) is 11.5 Å². The zero-order valence-electron chi connectivity index (χ0n) is 23.5. The lowest BCUT2D eigenvalue weighted by atomic mass is 10.1. The minimum Gasteiger partial charge on any atom is -0.478 e. The fourth-order valence-corrected chi connectivity index (χ4v) is 6.15. The minimum atomic E-state index is -4.25. The maximum atomic E-state index is 12.9. The van der Waals surface area contributed by atoms with Gasteiger partial charge in [0.25, 0.3) is 20.0 Å². The van der Waals surface area contributed by atoms with Crippen molar-refractivity contribution in [3.05, 3.63) is 107 Å². The molecule has 0 bridgehead atoms. The van der Waals surface area contributed by atoms with Crippen molar-refractivity contribution in [2.24, 2.45) is 0 Å². The van der Waals surface area contributed by atoms with E-state index in [0.29, 0.717) is 11.1 Å². The number of anilines is 2. The van der Waals surface area contributed by atoms with Gasteiger partial charge in [0.05, 0.1) is 32.3 Å². The molecule has 4 N–H and O–H groups in total. The summed E-state index contributed by atoms with van der Waals surface area (Å²) >= 11 is 0. The van der Waals surface area contributed by atoms with Gasteiger partial charge < -0.3 is 14.9 Å². The van der Waals surface area contributed by atoms with E-state index in [0.717, 1.165) is 24.3 Å². The Hall–Kier alpha value is -5.54. The summed E-state index contributed by atoms with van der Waals surface area (Å²) in [5.41, 5.74) is -0.988. The van der Waals surface area contributed by atoms with Crippen molar-refractivity contribution in [3.8, 4) is 11.5 Å². The van der Waals surface area contributed by atoms with Crippen molar-refractivity contribution in [1.82, 2.24) is 0 Å². The van der Waals surface area contributed by atoms with E-state index in [2.05, 4.69) is 9.44 Å². The number of ketones is 2. The number of carbonyl (C=O) groups is 4. The summed E-state index contributed by atoms with van der Waals surface area (Å²) in [5.74, 6) is -3.73. The van der Waals surface area contributed by atoms with Gasteiger partial charge >= 0.3 is 11.9 Å². The molecule has 0 aliphatic carbocycles. The first-order valence-corrected chi connectivity index (χ1v) is 15.7. The number of aromatic carboxylic acids is 2. The van der Waals surface area contributed by atoms with Crippen LogP contribution in [0.25, 0.3) is 0 Å². The zero-order valence-corrected chi connectivity index (χ0v) is 25.1. The van der Waals surface area contributed by atoms with Crippen LogP contribution in [-0.2, 0) is 20.0 Å². The van der Waals surface area contributed by atoms with Gasteiger partial charge in [0, 0.05) is 11.1 Å². The number of rotatable bonds is 12. The molecule has 232 valence electrons. The standard InChI is InChI=1S/C30H24N2O11S2/c1-17(33)19-3-9-23(10-4-19)44(39,40)31-27-13-7-21(15-25(27)29(35)36)43-22-8-14-28(26(16-22)30(37)38)32-45(41,42)24-11-5-20(6-12-24)18(2)34/h3-16,31-32H,1-2H3,(H,35,36)(H,37,38). The van der Waals surface area contributed by atoms with Gasteiger partial charge in [-0.2, -0.15) is 0 Å². The van der Waals surface area contributed by atoms with E-state index < -0.39 is 43.1 Å². The van der Waals surface area contributed by atoms with E-state index in [-0.39, 0.29) is 44.2 Å². The Morgan fingerprint density at radius 1 is 0.556 bits per heavy atom. The Kier molecular flexibility index (Phi) is 9.06. The third-order valence-corrected chi connectivity index (χ3v) is 9.07. The Morgan fingerprint density at radius 2 is 0.889 bits per heavy atom. The van der Waals surface area contributed by atoms with E-state index in [1.54, 1.807) is 0 Å². The molecule has 0 aromatic heterocycles. The highest BCUT2D eigenvalue weighted by Crippen LogP contribution is 2.31. The summed E-state index contributed by atoms with van der Waals surface area (Å²) < 4.78 is 61.4. The largest absolute Gasteiger partial charge is 0.478 e. The lowest BCUT2D eigenvalue weighted by Gasteiger charge is -2.14. The molecular formula is C30H24N2O11S2. The maximum Gasteiger partial charge on any atom is 0.337 e. The van der Waals surface area contributed by atoms with Crippen LogP contribution in [0.1, 0.15) is 55.3 Å². The summed E-state index contributed by atoms with van der Waals surface area (Å²) in [6.07, 6.45) is 0. The second-order valence-corrected chi connectivity index (χ2v) is 12.9. The van der Waals surface area contributed by atoms with Gasteiger partial charge in [-0.15, -0.1) is 0 Å². The Balaban J connectivity index is 1.58. The molecule has 0 radical (unpaired) electrons. The van der Waals surface area contributed by atoms with Crippen molar-refractivity contribution in [2.75, 3.05) is 9.44 Å². The number of carboxylic acids is 2. The molecular weight excluding hydrogens is 628 g/mol. The number of ether oxygens (including phenoxy) is 1. The molecule has 0 aliphatic heterocycles. The number of carboxylic acid groups (broad SMARTS) is 2. The van der Waals surface area contributed by atoms with Gasteiger partial charge in [0.2, 0.25) is 0 Å². The number of sulfonamides is 2. The van der Waals surface area contributed by atoms with Crippen LogP contribution >= 0.6 is 0 Å². The van der Waals surface area contributed by atoms with E-state index in [9.17, 15) is 46.2 Å². The van der Waals surface area contributed by atoms with Crippen molar-refractivity contribution < 1.29 is 51.0 Å². The third kappa shape index (κ3) is 7.52. The van der Waals surface area contributed by atoms with Crippen molar-refractivity contribution >= 4 is 54.9 Å². The molecule has 0 saturated carbocycles. The molecule has 0 amide bonds. The summed E-state index contributed by atoms with van der Waals surface area (Å²) in [7, 11) is -8.49. The Bertz CT molecular complexity index is 1910. The molecule has 0 unspecified atom stereocenters. The molecule has 0 saturated heterocycles. The monoisotopic (exact) mass is 652 g/mol. The van der Waals surface area contributed by atoms with Crippen LogP contribution in [0.2, 0.25) is 0 Å². The van der Waals surface area contributed by atoms with Crippen LogP contribution in [0.5, 0.6) is 11.5 Å². The first kappa shape index (κ1) is 32.4. The predicted molar refractivity (Wildman–Crippen MR) is 161 cm³/mol. The SMILES string of the molecule is CC(=O)c1ccc(S(=O)(=O)Nc2ccc(Oc3ccc(NS(=O)(=O)c4ccc(C(C)=O)cc4)c(C(=O)O)c3)cc2C(=O)O)cc1. The third-order valence-electron chi connectivity index (χ3n) is 6.31. The molecule has 4 rings (SSSR count). The molecule has 15 heteroatoms. The van der Waals surface area contributed by atoms with Crippen molar-refractivity contribution in [2.45, 2.75) is 23.6 Å². The van der Waals surface area contributed by atoms with Gasteiger partial charge in [0.15, 0.2) is 11.6 Å². The number of benzene rings is 4. The Morgan fingerprint density at radius 3 is 1.18 bits per heavy atom. The molecule has 0 atom stereocenters. The van der Waals surface area contributed by atoms with Crippen LogP contribution in [-0.4, -0.2) is 50.6 Å².